The molecule has 3 rings (SSSR count). The molecule has 0 spiro atoms. The Kier molecular flexibility index (Phi) is 6.75. The summed E-state index contributed by atoms with van der Waals surface area (Å²) in [6.07, 6.45) is -0.229. The number of benzene rings is 2. The maximum atomic E-state index is 13.6. The molecule has 162 valence electrons. The standard InChI is InChI=1S/C24H32N2O4/c1-16(2)26(17(3)4)24(27)23-22(30-21-13-11-20(29-6)12-14-21)15-25(23)18-7-9-19(28-5)10-8-18/h7-14,16-17,22-23H,15H2,1-6H3/t22-,23+/m1/s1. The lowest BCUT2D eigenvalue weighted by molar-refractivity contribution is -0.140. The summed E-state index contributed by atoms with van der Waals surface area (Å²) in [6, 6.07) is 15.1. The number of anilines is 1. The van der Waals surface area contributed by atoms with E-state index in [2.05, 4.69) is 4.90 Å². The molecule has 0 saturated carbocycles. The highest BCUT2D eigenvalue weighted by Gasteiger charge is 2.48. The highest BCUT2D eigenvalue weighted by molar-refractivity contribution is 5.89. The second-order valence-corrected chi connectivity index (χ2v) is 8.06. The van der Waals surface area contributed by atoms with Gasteiger partial charge in [-0.1, -0.05) is 0 Å². The number of rotatable bonds is 8. The van der Waals surface area contributed by atoms with Gasteiger partial charge in [0.2, 0.25) is 5.91 Å². The zero-order valence-electron chi connectivity index (χ0n) is 18.7. The van der Waals surface area contributed by atoms with Crippen molar-refractivity contribution in [2.45, 2.75) is 51.9 Å². The molecule has 2 atom stereocenters. The molecule has 0 N–H and O–H groups in total. The van der Waals surface area contributed by atoms with Crippen LogP contribution in [0, 0.1) is 0 Å². The number of nitrogens with zero attached hydrogens (tertiary/aromatic N) is 2. The van der Waals surface area contributed by atoms with Gasteiger partial charge in [-0.3, -0.25) is 4.79 Å². The Balaban J connectivity index is 1.85. The van der Waals surface area contributed by atoms with Crippen molar-refractivity contribution >= 4 is 11.6 Å². The first-order chi connectivity index (χ1) is 14.3. The molecule has 1 aliphatic heterocycles. The third kappa shape index (κ3) is 4.48. The molecule has 0 aliphatic carbocycles. The van der Waals surface area contributed by atoms with Gasteiger partial charge in [0.25, 0.3) is 0 Å². The van der Waals surface area contributed by atoms with E-state index in [0.29, 0.717) is 6.54 Å². The fourth-order valence-corrected chi connectivity index (χ4v) is 3.99. The van der Waals surface area contributed by atoms with Gasteiger partial charge in [0.1, 0.15) is 29.4 Å². The van der Waals surface area contributed by atoms with Gasteiger partial charge in [0.15, 0.2) is 0 Å². The summed E-state index contributed by atoms with van der Waals surface area (Å²) in [4.78, 5) is 17.6. The first-order valence-corrected chi connectivity index (χ1v) is 10.4. The van der Waals surface area contributed by atoms with E-state index >= 15 is 0 Å². The predicted octanol–water partition coefficient (Wildman–Crippen LogP) is 3.99. The third-order valence-corrected chi connectivity index (χ3v) is 5.44. The molecule has 0 bridgehead atoms. The average Bonchev–Trinajstić information content (AvgIpc) is 2.70. The minimum absolute atomic E-state index is 0.0839. The van der Waals surface area contributed by atoms with Crippen LogP contribution in [0.4, 0.5) is 5.69 Å². The molecular weight excluding hydrogens is 380 g/mol. The monoisotopic (exact) mass is 412 g/mol. The van der Waals surface area contributed by atoms with Crippen molar-refractivity contribution in [1.29, 1.82) is 0 Å². The number of hydrogen-bond donors (Lipinski definition) is 0. The van der Waals surface area contributed by atoms with Crippen LogP contribution in [-0.4, -0.2) is 55.8 Å². The highest BCUT2D eigenvalue weighted by Crippen LogP contribution is 2.33. The van der Waals surface area contributed by atoms with E-state index in [0.717, 1.165) is 22.9 Å². The van der Waals surface area contributed by atoms with Crippen LogP contribution in [0.1, 0.15) is 27.7 Å². The van der Waals surface area contributed by atoms with Gasteiger partial charge >= 0.3 is 0 Å². The average molecular weight is 413 g/mol. The Labute approximate surface area is 179 Å². The lowest BCUT2D eigenvalue weighted by Crippen LogP contribution is -2.70. The van der Waals surface area contributed by atoms with E-state index < -0.39 is 0 Å². The first kappa shape index (κ1) is 21.8. The number of carbonyl (C=O) groups excluding carboxylic acids is 1. The van der Waals surface area contributed by atoms with E-state index in [1.54, 1.807) is 14.2 Å². The smallest absolute Gasteiger partial charge is 0.249 e. The number of hydrogen-bond acceptors (Lipinski definition) is 5. The van der Waals surface area contributed by atoms with Gasteiger partial charge in [-0.2, -0.15) is 0 Å². The van der Waals surface area contributed by atoms with Crippen molar-refractivity contribution in [2.24, 2.45) is 0 Å². The molecular formula is C24H32N2O4. The van der Waals surface area contributed by atoms with E-state index in [1.807, 2.05) is 81.1 Å². The summed E-state index contributed by atoms with van der Waals surface area (Å²) < 4.78 is 16.7. The Morgan fingerprint density at radius 3 is 1.80 bits per heavy atom. The van der Waals surface area contributed by atoms with Gasteiger partial charge < -0.3 is 24.0 Å². The molecule has 6 heteroatoms. The summed E-state index contributed by atoms with van der Waals surface area (Å²) in [7, 11) is 3.28. The molecule has 1 amide bonds. The molecule has 1 aliphatic rings. The largest absolute Gasteiger partial charge is 0.497 e. The molecule has 0 radical (unpaired) electrons. The third-order valence-electron chi connectivity index (χ3n) is 5.44. The van der Waals surface area contributed by atoms with Crippen molar-refractivity contribution in [3.8, 4) is 17.2 Å². The van der Waals surface area contributed by atoms with Crippen molar-refractivity contribution < 1.29 is 19.0 Å². The Morgan fingerprint density at radius 1 is 0.867 bits per heavy atom. The van der Waals surface area contributed by atoms with Crippen molar-refractivity contribution in [3.05, 3.63) is 48.5 Å². The van der Waals surface area contributed by atoms with Crippen molar-refractivity contribution in [2.75, 3.05) is 25.7 Å². The van der Waals surface area contributed by atoms with Crippen LogP contribution >= 0.6 is 0 Å². The molecule has 0 aromatic heterocycles. The number of carbonyl (C=O) groups is 1. The van der Waals surface area contributed by atoms with E-state index in [1.165, 1.54) is 0 Å². The Hall–Kier alpha value is -2.89. The molecule has 1 heterocycles. The second-order valence-electron chi connectivity index (χ2n) is 8.06. The summed E-state index contributed by atoms with van der Waals surface area (Å²) in [5.41, 5.74) is 0.983. The molecule has 2 aromatic carbocycles. The van der Waals surface area contributed by atoms with Gasteiger partial charge in [-0.05, 0) is 76.2 Å². The summed E-state index contributed by atoms with van der Waals surface area (Å²) >= 11 is 0. The minimum Gasteiger partial charge on any atom is -0.497 e. The zero-order valence-corrected chi connectivity index (χ0v) is 18.7. The lowest BCUT2D eigenvalue weighted by Gasteiger charge is -2.50. The van der Waals surface area contributed by atoms with Gasteiger partial charge in [0.05, 0.1) is 20.8 Å². The first-order valence-electron chi connectivity index (χ1n) is 10.4. The van der Waals surface area contributed by atoms with Crippen molar-refractivity contribution in [1.82, 2.24) is 4.90 Å². The quantitative estimate of drug-likeness (QED) is 0.656. The summed E-state index contributed by atoms with van der Waals surface area (Å²) in [5.74, 6) is 2.38. The number of methoxy groups -OCH3 is 2. The minimum atomic E-state index is -0.384. The van der Waals surface area contributed by atoms with Crippen LogP contribution in [0.15, 0.2) is 48.5 Å². The molecule has 1 saturated heterocycles. The molecule has 1 fully saturated rings. The van der Waals surface area contributed by atoms with Gasteiger partial charge in [0, 0.05) is 17.8 Å². The van der Waals surface area contributed by atoms with E-state index in [-0.39, 0.29) is 30.1 Å². The maximum Gasteiger partial charge on any atom is 0.249 e. The Morgan fingerprint density at radius 2 is 1.33 bits per heavy atom. The van der Waals surface area contributed by atoms with Crippen LogP contribution in [0.5, 0.6) is 17.2 Å². The van der Waals surface area contributed by atoms with E-state index in [4.69, 9.17) is 14.2 Å². The number of amides is 1. The maximum absolute atomic E-state index is 13.6. The van der Waals surface area contributed by atoms with Gasteiger partial charge in [-0.25, -0.2) is 0 Å². The highest BCUT2D eigenvalue weighted by atomic mass is 16.5. The summed E-state index contributed by atoms with van der Waals surface area (Å²) in [5, 5.41) is 0. The van der Waals surface area contributed by atoms with Crippen LogP contribution in [0.2, 0.25) is 0 Å². The normalized spacial score (nSPS) is 18.2. The molecule has 30 heavy (non-hydrogen) atoms. The topological polar surface area (TPSA) is 51.2 Å². The summed E-state index contributed by atoms with van der Waals surface area (Å²) in [6.45, 7) is 8.83. The molecule has 2 aromatic rings. The van der Waals surface area contributed by atoms with E-state index in [9.17, 15) is 4.79 Å². The van der Waals surface area contributed by atoms with Gasteiger partial charge in [-0.15, -0.1) is 0 Å². The van der Waals surface area contributed by atoms with Crippen LogP contribution in [0.3, 0.4) is 0 Å². The fraction of sp³-hybridized carbons (Fsp3) is 0.458. The van der Waals surface area contributed by atoms with Crippen LogP contribution < -0.4 is 19.1 Å². The second kappa shape index (κ2) is 9.28. The fourth-order valence-electron chi connectivity index (χ4n) is 3.99. The van der Waals surface area contributed by atoms with Crippen molar-refractivity contribution in [3.63, 3.8) is 0 Å². The van der Waals surface area contributed by atoms with Crippen LogP contribution in [-0.2, 0) is 4.79 Å². The lowest BCUT2D eigenvalue weighted by atomic mass is 9.94. The van der Waals surface area contributed by atoms with Crippen LogP contribution in [0.25, 0.3) is 0 Å². The molecule has 0 unspecified atom stereocenters. The Bertz CT molecular complexity index is 825. The molecule has 6 nitrogen and oxygen atoms in total. The SMILES string of the molecule is COc1ccc(O[C@@H]2CN(c3ccc(OC)cc3)[C@@H]2C(=O)N(C(C)C)C(C)C)cc1. The number of ether oxygens (including phenoxy) is 3. The predicted molar refractivity (Wildman–Crippen MR) is 119 cm³/mol. The zero-order chi connectivity index (χ0) is 21.8.